The van der Waals surface area contributed by atoms with E-state index in [1.807, 2.05) is 0 Å². The Kier molecular flexibility index (Phi) is 6.65. The maximum absolute atomic E-state index is 10.5. The van der Waals surface area contributed by atoms with Crippen LogP contribution in [0.3, 0.4) is 0 Å². The van der Waals surface area contributed by atoms with E-state index in [2.05, 4.69) is 17.1 Å². The summed E-state index contributed by atoms with van der Waals surface area (Å²) in [5.74, 6) is -0.863. The fraction of sp³-hybridized carbons (Fsp3) is 1.00. The van der Waals surface area contributed by atoms with E-state index in [1.54, 1.807) is 0 Å². The van der Waals surface area contributed by atoms with E-state index in [0.29, 0.717) is 5.21 Å². The van der Waals surface area contributed by atoms with Crippen LogP contribution in [0.25, 0.3) is 0 Å². The molecule has 1 rings (SSSR count). The molecule has 0 aliphatic carbocycles. The summed E-state index contributed by atoms with van der Waals surface area (Å²) in [6, 6.07) is 0. The predicted octanol–water partition coefficient (Wildman–Crippen LogP) is -1.57. The van der Waals surface area contributed by atoms with Crippen molar-refractivity contribution in [1.29, 1.82) is 0 Å². The van der Waals surface area contributed by atoms with Crippen molar-refractivity contribution in [3.63, 3.8) is 0 Å². The normalized spacial score (nSPS) is 32.3. The number of hydrogen-bond acceptors (Lipinski definition) is 7. The summed E-state index contributed by atoms with van der Waals surface area (Å²) >= 11 is -1.84. The second-order valence-corrected chi connectivity index (χ2v) is 18.1. The third kappa shape index (κ3) is 6.92. The van der Waals surface area contributed by atoms with Crippen molar-refractivity contribution in [1.82, 2.24) is 0 Å². The van der Waals surface area contributed by atoms with Gasteiger partial charge in [0.25, 0.3) is 0 Å². The molecule has 1 aliphatic rings. The van der Waals surface area contributed by atoms with Gasteiger partial charge in [-0.25, -0.2) is 0 Å². The van der Waals surface area contributed by atoms with Crippen molar-refractivity contribution in [3.8, 4) is 0 Å². The molecule has 1 heterocycles. The summed E-state index contributed by atoms with van der Waals surface area (Å²) in [6.45, 7) is -0.363. The average molecular weight is 391 g/mol. The van der Waals surface area contributed by atoms with Crippen molar-refractivity contribution in [2.45, 2.75) is 53.0 Å². The van der Waals surface area contributed by atoms with Crippen LogP contribution in [0.1, 0.15) is 0 Å². The van der Waals surface area contributed by atoms with Gasteiger partial charge in [0.05, 0.1) is 0 Å². The molecule has 0 aromatic carbocycles. The molecule has 1 fully saturated rings. The third-order valence-corrected chi connectivity index (χ3v) is 6.78. The van der Waals surface area contributed by atoms with Gasteiger partial charge in [0.2, 0.25) is 0 Å². The fourth-order valence-corrected chi connectivity index (χ4v) is 5.54. The Morgan fingerprint density at radius 3 is 2.38 bits per heavy atom. The van der Waals surface area contributed by atoms with E-state index in [9.17, 15) is 23.2 Å². The van der Waals surface area contributed by atoms with Crippen LogP contribution in [-0.4, -0.2) is 84.9 Å². The summed E-state index contributed by atoms with van der Waals surface area (Å²) in [5, 5.41) is 27.9. The molecular formula is C11H24AsO8S+. The molecule has 4 N–H and O–H groups in total. The zero-order chi connectivity index (χ0) is 16.4. The summed E-state index contributed by atoms with van der Waals surface area (Å²) in [4.78, 5) is 0. The fourth-order valence-electron chi connectivity index (χ4n) is 2.05. The Morgan fingerprint density at radius 1 is 1.33 bits per heavy atom. The quantitative estimate of drug-likeness (QED) is 0.304. The molecule has 10 heteroatoms. The van der Waals surface area contributed by atoms with E-state index < -0.39 is 60.1 Å². The molecular weight excluding hydrogens is 367 g/mol. The predicted molar refractivity (Wildman–Crippen MR) is 76.7 cm³/mol. The van der Waals surface area contributed by atoms with E-state index in [-0.39, 0.29) is 6.61 Å². The van der Waals surface area contributed by atoms with Gasteiger partial charge < -0.3 is 0 Å². The van der Waals surface area contributed by atoms with Crippen LogP contribution in [0, 0.1) is 0 Å². The first-order valence-corrected chi connectivity index (χ1v) is 15.0. The minimum absolute atomic E-state index is 0.363. The van der Waals surface area contributed by atoms with Crippen LogP contribution >= 0.6 is 0 Å². The van der Waals surface area contributed by atoms with E-state index in [4.69, 9.17) is 14.6 Å². The van der Waals surface area contributed by atoms with Gasteiger partial charge in [0, 0.05) is 0 Å². The first-order valence-electron chi connectivity index (χ1n) is 6.47. The Morgan fingerprint density at radius 2 is 1.90 bits per heavy atom. The third-order valence-electron chi connectivity index (χ3n) is 2.91. The zero-order valence-corrected chi connectivity index (χ0v) is 15.0. The SMILES string of the molecule is C[As+](C)(C)C[C@H]1O[C@@H](OC[C@H]([OH2+])CS(=O)(=O)[O-])[C@H](O)[C@@H]1O. The first-order chi connectivity index (χ1) is 9.39. The number of rotatable bonds is 7. The number of hydrogen-bond donors (Lipinski definition) is 2. The molecule has 0 spiro atoms. The minimum atomic E-state index is -4.49. The van der Waals surface area contributed by atoms with Gasteiger partial charge in [-0.3, -0.25) is 0 Å². The van der Waals surface area contributed by atoms with Gasteiger partial charge in [0.15, 0.2) is 0 Å². The molecule has 126 valence electrons. The van der Waals surface area contributed by atoms with Crippen LogP contribution in [0.15, 0.2) is 0 Å². The first kappa shape index (κ1) is 19.3. The molecule has 21 heavy (non-hydrogen) atoms. The molecule has 0 bridgehead atoms. The Balaban J connectivity index is 2.50. The van der Waals surface area contributed by atoms with Crippen molar-refractivity contribution < 1.29 is 37.8 Å². The molecule has 5 atom stereocenters. The maximum atomic E-state index is 10.5. The Bertz CT molecular complexity index is 434. The van der Waals surface area contributed by atoms with E-state index in [0.717, 1.165) is 0 Å². The average Bonchev–Trinajstić information content (AvgIpc) is 2.50. The molecule has 0 saturated carbocycles. The topological polar surface area (TPSA) is 139 Å². The van der Waals surface area contributed by atoms with Gasteiger partial charge >= 0.3 is 127 Å². The number of aliphatic hydroxyl groups excluding tert-OH is 2. The van der Waals surface area contributed by atoms with Crippen LogP contribution in [0.5, 0.6) is 0 Å². The van der Waals surface area contributed by atoms with Crippen molar-refractivity contribution in [3.05, 3.63) is 0 Å². The van der Waals surface area contributed by atoms with Crippen molar-refractivity contribution >= 4 is 23.7 Å². The van der Waals surface area contributed by atoms with E-state index >= 15 is 0 Å². The summed E-state index contributed by atoms with van der Waals surface area (Å²) < 4.78 is 42.1. The second kappa shape index (κ2) is 7.23. The summed E-state index contributed by atoms with van der Waals surface area (Å²) in [6.07, 6.45) is -5.19. The monoisotopic (exact) mass is 391 g/mol. The van der Waals surface area contributed by atoms with Crippen molar-refractivity contribution in [2.24, 2.45) is 0 Å². The standard InChI is InChI=1S/C11H23AsO8S/c1-12(2,3)4-8-9(14)10(15)11(20-8)19-5-7(13)6-21(16,17)18/h7-11,13-15H,4-6H2,1-3H3/p+1/t7-,8+,9+,10+,11+/m0/s1. The molecule has 8 nitrogen and oxygen atoms in total. The second-order valence-electron chi connectivity index (χ2n) is 6.25. The van der Waals surface area contributed by atoms with Gasteiger partial charge in [-0.2, -0.15) is 0 Å². The molecule has 0 amide bonds. The summed E-state index contributed by atoms with van der Waals surface area (Å²) in [5.41, 5.74) is 6.40. The van der Waals surface area contributed by atoms with Crippen LogP contribution < -0.4 is 0 Å². The number of ether oxygens (including phenoxy) is 2. The molecule has 0 radical (unpaired) electrons. The zero-order valence-electron chi connectivity index (χ0n) is 12.3. The number of aliphatic hydroxyl groups is 2. The summed E-state index contributed by atoms with van der Waals surface area (Å²) in [7, 11) is -4.49. The molecule has 0 aromatic rings. The van der Waals surface area contributed by atoms with Crippen molar-refractivity contribution in [2.75, 3.05) is 12.4 Å². The molecule has 1 saturated heterocycles. The van der Waals surface area contributed by atoms with Crippen LogP contribution in [0.2, 0.25) is 22.3 Å². The Hall–Kier alpha value is 0.268. The Labute approximate surface area is 127 Å². The van der Waals surface area contributed by atoms with Gasteiger partial charge in [-0.15, -0.1) is 0 Å². The van der Waals surface area contributed by atoms with E-state index in [1.165, 1.54) is 0 Å². The molecule has 1 aliphatic heterocycles. The van der Waals surface area contributed by atoms with Crippen LogP contribution in [-0.2, 0) is 19.6 Å². The van der Waals surface area contributed by atoms with Crippen LogP contribution in [0.4, 0.5) is 0 Å². The van der Waals surface area contributed by atoms with Gasteiger partial charge in [0.1, 0.15) is 0 Å². The van der Waals surface area contributed by atoms with Gasteiger partial charge in [-0.1, -0.05) is 0 Å². The molecule has 0 unspecified atom stereocenters. The van der Waals surface area contributed by atoms with Gasteiger partial charge in [-0.05, 0) is 0 Å². The molecule has 0 aromatic heterocycles.